The van der Waals surface area contributed by atoms with Gasteiger partial charge < -0.3 is 9.84 Å². The summed E-state index contributed by atoms with van der Waals surface area (Å²) in [6.07, 6.45) is 7.27. The zero-order valence-corrected chi connectivity index (χ0v) is 8.92. The molecule has 1 fully saturated rings. The lowest BCUT2D eigenvalue weighted by atomic mass is 9.83. The van der Waals surface area contributed by atoms with Crippen molar-refractivity contribution in [1.29, 1.82) is 0 Å². The van der Waals surface area contributed by atoms with E-state index in [9.17, 15) is 0 Å². The van der Waals surface area contributed by atoms with Gasteiger partial charge in [0.2, 0.25) is 0 Å². The van der Waals surface area contributed by atoms with Crippen molar-refractivity contribution in [3.8, 4) is 0 Å². The standard InChI is InChI=1S/C12H18O2/c1-12(2)6-5-10-7-9(8-13)3-4-11(10)14-12/h3-4,10,13H,5-8H2,1-2H3/t10-/m0/s1. The normalized spacial score (nSPS) is 29.8. The second-order valence-corrected chi connectivity index (χ2v) is 4.85. The first kappa shape index (κ1) is 9.78. The highest BCUT2D eigenvalue weighted by molar-refractivity contribution is 5.25. The van der Waals surface area contributed by atoms with Crippen molar-refractivity contribution >= 4 is 0 Å². The van der Waals surface area contributed by atoms with Gasteiger partial charge in [0, 0.05) is 5.92 Å². The molecule has 0 radical (unpaired) electrons. The fourth-order valence-electron chi connectivity index (χ4n) is 2.19. The summed E-state index contributed by atoms with van der Waals surface area (Å²) in [5.74, 6) is 1.62. The highest BCUT2D eigenvalue weighted by Crippen LogP contribution is 2.39. The lowest BCUT2D eigenvalue weighted by molar-refractivity contribution is -0.0244. The third kappa shape index (κ3) is 1.85. The van der Waals surface area contributed by atoms with Gasteiger partial charge in [-0.2, -0.15) is 0 Å². The van der Waals surface area contributed by atoms with Crippen LogP contribution in [0.25, 0.3) is 0 Å². The number of aliphatic hydroxyl groups excluding tert-OH is 1. The molecular formula is C12H18O2. The molecule has 14 heavy (non-hydrogen) atoms. The van der Waals surface area contributed by atoms with Crippen LogP contribution in [-0.4, -0.2) is 17.3 Å². The first-order chi connectivity index (χ1) is 6.61. The van der Waals surface area contributed by atoms with E-state index in [-0.39, 0.29) is 12.2 Å². The fourth-order valence-corrected chi connectivity index (χ4v) is 2.19. The molecule has 0 unspecified atom stereocenters. The molecule has 0 amide bonds. The molecule has 0 spiro atoms. The van der Waals surface area contributed by atoms with Gasteiger partial charge in [0.15, 0.2) is 0 Å². The fraction of sp³-hybridized carbons (Fsp3) is 0.667. The van der Waals surface area contributed by atoms with Crippen LogP contribution in [0.1, 0.15) is 33.1 Å². The van der Waals surface area contributed by atoms with E-state index in [1.54, 1.807) is 0 Å². The topological polar surface area (TPSA) is 29.5 Å². The van der Waals surface area contributed by atoms with Gasteiger partial charge in [0.05, 0.1) is 6.61 Å². The molecule has 2 aliphatic rings. The van der Waals surface area contributed by atoms with E-state index in [1.165, 1.54) is 6.42 Å². The highest BCUT2D eigenvalue weighted by atomic mass is 16.5. The molecular weight excluding hydrogens is 176 g/mol. The average molecular weight is 194 g/mol. The van der Waals surface area contributed by atoms with Crippen molar-refractivity contribution < 1.29 is 9.84 Å². The molecule has 0 aromatic heterocycles. The van der Waals surface area contributed by atoms with Gasteiger partial charge in [-0.05, 0) is 44.8 Å². The Morgan fingerprint density at radius 1 is 1.50 bits per heavy atom. The molecule has 1 aliphatic carbocycles. The van der Waals surface area contributed by atoms with Crippen molar-refractivity contribution in [1.82, 2.24) is 0 Å². The van der Waals surface area contributed by atoms with Gasteiger partial charge >= 0.3 is 0 Å². The molecule has 1 saturated heterocycles. The van der Waals surface area contributed by atoms with Crippen LogP contribution in [0.2, 0.25) is 0 Å². The van der Waals surface area contributed by atoms with Crippen LogP contribution in [0.4, 0.5) is 0 Å². The lowest BCUT2D eigenvalue weighted by Gasteiger charge is -2.39. The first-order valence-corrected chi connectivity index (χ1v) is 5.30. The predicted molar refractivity (Wildman–Crippen MR) is 55.8 cm³/mol. The summed E-state index contributed by atoms with van der Waals surface area (Å²) in [6.45, 7) is 4.45. The van der Waals surface area contributed by atoms with Gasteiger partial charge in [-0.1, -0.05) is 6.08 Å². The summed E-state index contributed by atoms with van der Waals surface area (Å²) < 4.78 is 5.91. The van der Waals surface area contributed by atoms with E-state index in [0.717, 1.165) is 24.2 Å². The van der Waals surface area contributed by atoms with Crippen LogP contribution in [0.3, 0.4) is 0 Å². The molecule has 1 atom stereocenters. The van der Waals surface area contributed by atoms with Gasteiger partial charge in [-0.25, -0.2) is 0 Å². The minimum Gasteiger partial charge on any atom is -0.492 e. The Kier molecular flexibility index (Phi) is 2.40. The summed E-state index contributed by atoms with van der Waals surface area (Å²) in [5, 5.41) is 9.05. The molecule has 0 aromatic rings. The summed E-state index contributed by atoms with van der Waals surface area (Å²) in [6, 6.07) is 0. The van der Waals surface area contributed by atoms with Crippen molar-refractivity contribution in [3.05, 3.63) is 23.5 Å². The lowest BCUT2D eigenvalue weighted by Crippen LogP contribution is -2.33. The Morgan fingerprint density at radius 3 is 3.00 bits per heavy atom. The monoisotopic (exact) mass is 194 g/mol. The van der Waals surface area contributed by atoms with Crippen LogP contribution in [-0.2, 0) is 4.74 Å². The maximum Gasteiger partial charge on any atom is 0.103 e. The van der Waals surface area contributed by atoms with Gasteiger partial charge in [-0.3, -0.25) is 0 Å². The van der Waals surface area contributed by atoms with Gasteiger partial charge in [-0.15, -0.1) is 0 Å². The van der Waals surface area contributed by atoms with Gasteiger partial charge in [0.1, 0.15) is 11.4 Å². The number of rotatable bonds is 1. The van der Waals surface area contributed by atoms with Crippen molar-refractivity contribution in [2.45, 2.75) is 38.7 Å². The second kappa shape index (κ2) is 3.43. The number of hydrogen-bond donors (Lipinski definition) is 1. The molecule has 0 aromatic carbocycles. The maximum atomic E-state index is 9.05. The molecule has 2 rings (SSSR count). The highest BCUT2D eigenvalue weighted by Gasteiger charge is 2.33. The number of allylic oxidation sites excluding steroid dienone is 3. The number of ether oxygens (including phenoxy) is 1. The zero-order valence-electron chi connectivity index (χ0n) is 8.92. The molecule has 2 nitrogen and oxygen atoms in total. The third-order valence-electron chi connectivity index (χ3n) is 3.09. The number of fused-ring (bicyclic) bond motifs is 1. The summed E-state index contributed by atoms with van der Waals surface area (Å²) in [7, 11) is 0. The largest absolute Gasteiger partial charge is 0.492 e. The molecule has 2 heteroatoms. The van der Waals surface area contributed by atoms with Crippen LogP contribution in [0.15, 0.2) is 23.5 Å². The minimum atomic E-state index is -0.00705. The van der Waals surface area contributed by atoms with Crippen molar-refractivity contribution in [2.75, 3.05) is 6.61 Å². The van der Waals surface area contributed by atoms with Crippen LogP contribution in [0, 0.1) is 5.92 Å². The number of aliphatic hydroxyl groups is 1. The summed E-state index contributed by atoms with van der Waals surface area (Å²) in [5.41, 5.74) is 1.12. The molecule has 0 saturated carbocycles. The zero-order chi connectivity index (χ0) is 10.2. The Bertz CT molecular complexity index is 287. The van der Waals surface area contributed by atoms with Crippen molar-refractivity contribution in [3.63, 3.8) is 0 Å². The van der Waals surface area contributed by atoms with Crippen LogP contribution in [0.5, 0.6) is 0 Å². The first-order valence-electron chi connectivity index (χ1n) is 5.30. The van der Waals surface area contributed by atoms with E-state index < -0.39 is 0 Å². The smallest absolute Gasteiger partial charge is 0.103 e. The SMILES string of the molecule is CC1(C)CC[C@H]2CC(CO)=CC=C2O1. The quantitative estimate of drug-likeness (QED) is 0.694. The molecule has 78 valence electrons. The van der Waals surface area contributed by atoms with E-state index in [0.29, 0.717) is 5.92 Å². The minimum absolute atomic E-state index is 0.00705. The summed E-state index contributed by atoms with van der Waals surface area (Å²) >= 11 is 0. The van der Waals surface area contributed by atoms with E-state index in [1.807, 2.05) is 12.2 Å². The maximum absolute atomic E-state index is 9.05. The molecule has 1 heterocycles. The number of hydrogen-bond acceptors (Lipinski definition) is 2. The van der Waals surface area contributed by atoms with Gasteiger partial charge in [0.25, 0.3) is 0 Å². The Labute approximate surface area is 85.3 Å². The van der Waals surface area contributed by atoms with Crippen molar-refractivity contribution in [2.24, 2.45) is 5.92 Å². The second-order valence-electron chi connectivity index (χ2n) is 4.85. The Balaban J connectivity index is 2.15. The third-order valence-corrected chi connectivity index (χ3v) is 3.09. The Morgan fingerprint density at radius 2 is 2.29 bits per heavy atom. The molecule has 0 bridgehead atoms. The van der Waals surface area contributed by atoms with E-state index in [2.05, 4.69) is 13.8 Å². The van der Waals surface area contributed by atoms with E-state index in [4.69, 9.17) is 9.84 Å². The average Bonchev–Trinajstić information content (AvgIpc) is 2.16. The summed E-state index contributed by atoms with van der Waals surface area (Å²) in [4.78, 5) is 0. The van der Waals surface area contributed by atoms with Crippen LogP contribution >= 0.6 is 0 Å². The predicted octanol–water partition coefficient (Wildman–Crippen LogP) is 2.40. The molecule has 1 N–H and O–H groups in total. The molecule has 1 aliphatic heterocycles. The van der Waals surface area contributed by atoms with E-state index >= 15 is 0 Å². The van der Waals surface area contributed by atoms with Crippen LogP contribution < -0.4 is 0 Å². The Hall–Kier alpha value is -0.760.